The second kappa shape index (κ2) is 11.0. The van der Waals surface area contributed by atoms with Gasteiger partial charge in [0.1, 0.15) is 0 Å². The van der Waals surface area contributed by atoms with Gasteiger partial charge in [-0.3, -0.25) is 0 Å². The Balaban J connectivity index is 1.35. The first-order valence-corrected chi connectivity index (χ1v) is 18.8. The van der Waals surface area contributed by atoms with Gasteiger partial charge in [-0.25, -0.2) is 0 Å². The van der Waals surface area contributed by atoms with E-state index in [-0.39, 0.29) is 12.3 Å². The Morgan fingerprint density at radius 3 is 1.96 bits per heavy atom. The first-order valence-electron chi connectivity index (χ1n) is 18.8. The summed E-state index contributed by atoms with van der Waals surface area (Å²) in [5.41, 5.74) is 18.9. The molecule has 6 aromatic rings. The van der Waals surface area contributed by atoms with Crippen LogP contribution in [0.25, 0.3) is 11.1 Å². The molecule has 2 nitrogen and oxygen atoms in total. The Hall–Kier alpha value is -5.02. The number of rotatable bonds is 4. The number of benzene rings is 6. The summed E-state index contributed by atoms with van der Waals surface area (Å²) < 4.78 is 0. The van der Waals surface area contributed by atoms with E-state index in [1.165, 1.54) is 110 Å². The van der Waals surface area contributed by atoms with Crippen LogP contribution in [-0.2, 0) is 10.8 Å². The first-order chi connectivity index (χ1) is 24.6. The van der Waals surface area contributed by atoms with Crippen LogP contribution in [0.15, 0.2) is 133 Å². The molecule has 0 aromatic heterocycles. The number of fused-ring (bicyclic) bond motifs is 6. The molecule has 6 aromatic carbocycles. The molecule has 1 fully saturated rings. The fourth-order valence-electron chi connectivity index (χ4n) is 10.6. The van der Waals surface area contributed by atoms with Crippen molar-refractivity contribution in [3.05, 3.63) is 167 Å². The zero-order chi connectivity index (χ0) is 33.6. The average Bonchev–Trinajstić information content (AvgIpc) is 3.16. The van der Waals surface area contributed by atoms with E-state index in [0.717, 1.165) is 6.54 Å². The van der Waals surface area contributed by atoms with Gasteiger partial charge >= 0.3 is 6.85 Å². The SMILES string of the molecule is CCN1c2cc(C)cc3c2B(c2cccc(C4(C)CCCCC4)c21)N1c2ccccc2C(c2ccccc2)(c2ccccc2)c2cccc-3c21. The van der Waals surface area contributed by atoms with Gasteiger partial charge in [0.05, 0.1) is 5.41 Å². The van der Waals surface area contributed by atoms with Gasteiger partial charge in [0, 0.05) is 34.9 Å². The quantitative estimate of drug-likeness (QED) is 0.176. The summed E-state index contributed by atoms with van der Waals surface area (Å²) in [5.74, 6) is 0. The highest BCUT2D eigenvalue weighted by Gasteiger charge is 2.53. The van der Waals surface area contributed by atoms with Gasteiger partial charge in [-0.1, -0.05) is 148 Å². The van der Waals surface area contributed by atoms with Crippen LogP contribution in [0.3, 0.4) is 0 Å². The predicted molar refractivity (Wildman–Crippen MR) is 212 cm³/mol. The summed E-state index contributed by atoms with van der Waals surface area (Å²) >= 11 is 0. The van der Waals surface area contributed by atoms with Gasteiger partial charge in [0.25, 0.3) is 0 Å². The molecule has 0 amide bonds. The second-order valence-corrected chi connectivity index (χ2v) is 15.3. The molecule has 0 saturated heterocycles. The second-order valence-electron chi connectivity index (χ2n) is 15.3. The molecular weight excluding hydrogens is 603 g/mol. The highest BCUT2D eigenvalue weighted by Crippen LogP contribution is 2.60. The number of nitrogens with zero attached hydrogens (tertiary/aromatic N) is 2. The summed E-state index contributed by atoms with van der Waals surface area (Å²) in [6.45, 7) is 8.18. The molecule has 0 N–H and O–H groups in total. The topological polar surface area (TPSA) is 6.48 Å². The Morgan fingerprint density at radius 1 is 0.600 bits per heavy atom. The minimum Gasteiger partial charge on any atom is -0.376 e. The standard InChI is InChI=1S/C47H43BN2/c1-4-49-42-31-32(2)30-36-35-22-16-25-39-44(35)50(48(43(36)42)40-26-17-24-38(45(40)49)46(3)28-14-7-15-29-46)41-27-13-12-23-37(41)47(39,33-18-8-5-9-19-33)34-20-10-6-11-21-34/h5-6,8-13,16-27,30-31H,4,7,14-15,28-29H2,1-3H3. The molecule has 0 unspecified atom stereocenters. The molecule has 0 atom stereocenters. The normalized spacial score (nSPS) is 17.4. The van der Waals surface area contributed by atoms with Crippen molar-refractivity contribution in [1.82, 2.24) is 0 Å². The molecule has 4 aliphatic rings. The maximum atomic E-state index is 2.75. The van der Waals surface area contributed by atoms with Crippen LogP contribution in [0, 0.1) is 6.92 Å². The third-order valence-corrected chi connectivity index (χ3v) is 12.6. The van der Waals surface area contributed by atoms with Crippen LogP contribution < -0.4 is 20.6 Å². The summed E-state index contributed by atoms with van der Waals surface area (Å²) in [6.07, 6.45) is 6.49. The molecule has 0 spiro atoms. The van der Waals surface area contributed by atoms with Gasteiger partial charge in [-0.05, 0) is 94.1 Å². The summed E-state index contributed by atoms with van der Waals surface area (Å²) in [7, 11) is 0. The van der Waals surface area contributed by atoms with Crippen LogP contribution in [0.4, 0.5) is 22.7 Å². The highest BCUT2D eigenvalue weighted by molar-refractivity contribution is 6.93. The lowest BCUT2D eigenvalue weighted by atomic mass is 9.41. The Kier molecular flexibility index (Phi) is 6.57. The van der Waals surface area contributed by atoms with Crippen molar-refractivity contribution < 1.29 is 0 Å². The molecule has 1 aliphatic carbocycles. The van der Waals surface area contributed by atoms with E-state index in [2.05, 4.69) is 164 Å². The summed E-state index contributed by atoms with van der Waals surface area (Å²) in [5, 5.41) is 0. The summed E-state index contributed by atoms with van der Waals surface area (Å²) in [6, 6.07) is 51.1. The lowest BCUT2D eigenvalue weighted by Crippen LogP contribution is -2.64. The fraction of sp³-hybridized carbons (Fsp3) is 0.234. The molecule has 1 saturated carbocycles. The van der Waals surface area contributed by atoms with E-state index < -0.39 is 5.41 Å². The summed E-state index contributed by atoms with van der Waals surface area (Å²) in [4.78, 5) is 5.43. The molecule has 3 heteroatoms. The van der Waals surface area contributed by atoms with Gasteiger partial charge in [-0.2, -0.15) is 0 Å². The minimum atomic E-state index is -0.477. The van der Waals surface area contributed by atoms with Crippen molar-refractivity contribution in [3.8, 4) is 11.1 Å². The third kappa shape index (κ3) is 3.87. The van der Waals surface area contributed by atoms with E-state index in [4.69, 9.17) is 0 Å². The molecular formula is C47H43BN2. The lowest BCUT2D eigenvalue weighted by molar-refractivity contribution is 0.320. The first kappa shape index (κ1) is 29.9. The lowest BCUT2D eigenvalue weighted by Gasteiger charge is -2.53. The van der Waals surface area contributed by atoms with Crippen LogP contribution in [0.1, 0.15) is 79.3 Å². The van der Waals surface area contributed by atoms with E-state index in [1.54, 1.807) is 0 Å². The number of anilines is 4. The molecule has 244 valence electrons. The van der Waals surface area contributed by atoms with Crippen molar-refractivity contribution in [2.45, 2.75) is 63.7 Å². The molecule has 0 bridgehead atoms. The average molecular weight is 647 g/mol. The molecule has 50 heavy (non-hydrogen) atoms. The van der Waals surface area contributed by atoms with Crippen LogP contribution in [0.5, 0.6) is 0 Å². The van der Waals surface area contributed by atoms with E-state index in [1.807, 2.05) is 0 Å². The maximum Gasteiger partial charge on any atom is 0.333 e. The number of hydrogen-bond donors (Lipinski definition) is 0. The van der Waals surface area contributed by atoms with Gasteiger partial charge < -0.3 is 9.71 Å². The number of para-hydroxylation sites is 3. The van der Waals surface area contributed by atoms with E-state index >= 15 is 0 Å². The Morgan fingerprint density at radius 2 is 1.24 bits per heavy atom. The molecule has 10 rings (SSSR count). The van der Waals surface area contributed by atoms with Crippen molar-refractivity contribution in [3.63, 3.8) is 0 Å². The predicted octanol–water partition coefficient (Wildman–Crippen LogP) is 10.3. The molecule has 0 radical (unpaired) electrons. The van der Waals surface area contributed by atoms with Gasteiger partial charge in [-0.15, -0.1) is 0 Å². The largest absolute Gasteiger partial charge is 0.376 e. The van der Waals surface area contributed by atoms with E-state index in [9.17, 15) is 0 Å². The zero-order valence-corrected chi connectivity index (χ0v) is 29.4. The Labute approximate surface area is 297 Å². The van der Waals surface area contributed by atoms with Gasteiger partial charge in [0.2, 0.25) is 0 Å². The van der Waals surface area contributed by atoms with Crippen LogP contribution in [-0.4, -0.2) is 13.4 Å². The zero-order valence-electron chi connectivity index (χ0n) is 29.4. The maximum absolute atomic E-state index is 2.75. The van der Waals surface area contributed by atoms with Crippen molar-refractivity contribution >= 4 is 40.5 Å². The Bertz CT molecular complexity index is 2250. The van der Waals surface area contributed by atoms with Crippen molar-refractivity contribution in [2.75, 3.05) is 16.3 Å². The van der Waals surface area contributed by atoms with E-state index in [0.29, 0.717) is 0 Å². The third-order valence-electron chi connectivity index (χ3n) is 12.6. The minimum absolute atomic E-state index is 0.0601. The number of aryl methyl sites for hydroxylation is 1. The van der Waals surface area contributed by atoms with Crippen LogP contribution in [0.2, 0.25) is 0 Å². The van der Waals surface area contributed by atoms with Crippen LogP contribution >= 0.6 is 0 Å². The van der Waals surface area contributed by atoms with Gasteiger partial charge in [0.15, 0.2) is 0 Å². The smallest absolute Gasteiger partial charge is 0.333 e. The molecule has 3 heterocycles. The highest BCUT2D eigenvalue weighted by atomic mass is 15.2. The van der Waals surface area contributed by atoms with Crippen molar-refractivity contribution in [2.24, 2.45) is 0 Å². The monoisotopic (exact) mass is 646 g/mol. The van der Waals surface area contributed by atoms with Crippen molar-refractivity contribution in [1.29, 1.82) is 0 Å². The number of hydrogen-bond acceptors (Lipinski definition) is 2. The fourth-order valence-corrected chi connectivity index (χ4v) is 10.6. The molecule has 3 aliphatic heterocycles.